The maximum absolute atomic E-state index is 12.9. The number of thiophene rings is 1. The number of nitrogen functional groups attached to an aromatic ring is 1. The Morgan fingerprint density at radius 3 is 2.86 bits per heavy atom. The maximum Gasteiger partial charge on any atom is 0.243 e. The van der Waals surface area contributed by atoms with E-state index < -0.39 is 10.0 Å². The number of sulfonamides is 1. The quantitative estimate of drug-likeness (QED) is 0.804. The lowest BCUT2D eigenvalue weighted by Gasteiger charge is -2.32. The van der Waals surface area contributed by atoms with Crippen LogP contribution in [0.2, 0.25) is 0 Å². The Morgan fingerprint density at radius 2 is 2.14 bits per heavy atom. The number of nitrogens with zero attached hydrogens (tertiary/aromatic N) is 1. The second-order valence-electron chi connectivity index (χ2n) is 5.02. The lowest BCUT2D eigenvalue weighted by atomic mass is 10.0. The van der Waals surface area contributed by atoms with Gasteiger partial charge in [0.2, 0.25) is 10.0 Å². The van der Waals surface area contributed by atoms with E-state index in [9.17, 15) is 8.42 Å². The molecule has 0 radical (unpaired) electrons. The largest absolute Gasteiger partial charge is 0.398 e. The molecule has 1 atom stereocenters. The summed E-state index contributed by atoms with van der Waals surface area (Å²) in [6.45, 7) is 2.44. The van der Waals surface area contributed by atoms with Gasteiger partial charge in [-0.15, -0.1) is 11.3 Å². The third-order valence-corrected chi connectivity index (χ3v) is 7.48. The molecule has 2 N–H and O–H groups in total. The molecule has 1 aromatic heterocycles. The standard InChI is InChI=1S/C14H15BrN2O2S2/c1-9-11-5-7-20-14(11)4-6-17(9)21(18,19)10-2-3-12(15)13(16)8-10/h2-3,5,7-9H,4,6,16H2,1H3. The van der Waals surface area contributed by atoms with Crippen molar-refractivity contribution >= 4 is 43.0 Å². The zero-order valence-electron chi connectivity index (χ0n) is 11.4. The van der Waals surface area contributed by atoms with Gasteiger partial charge in [-0.1, -0.05) is 0 Å². The highest BCUT2D eigenvalue weighted by Crippen LogP contribution is 2.36. The zero-order valence-corrected chi connectivity index (χ0v) is 14.6. The van der Waals surface area contributed by atoms with Gasteiger partial charge in [-0.25, -0.2) is 8.42 Å². The summed E-state index contributed by atoms with van der Waals surface area (Å²) < 4.78 is 28.0. The van der Waals surface area contributed by atoms with Crippen LogP contribution in [0.25, 0.3) is 0 Å². The van der Waals surface area contributed by atoms with Crippen molar-refractivity contribution in [2.45, 2.75) is 24.3 Å². The van der Waals surface area contributed by atoms with Crippen LogP contribution in [0.15, 0.2) is 39.0 Å². The van der Waals surface area contributed by atoms with E-state index in [0.29, 0.717) is 16.7 Å². The van der Waals surface area contributed by atoms with Crippen molar-refractivity contribution in [1.29, 1.82) is 0 Å². The summed E-state index contributed by atoms with van der Waals surface area (Å²) in [6.07, 6.45) is 0.766. The van der Waals surface area contributed by atoms with E-state index >= 15 is 0 Å². The summed E-state index contributed by atoms with van der Waals surface area (Å²) in [5.41, 5.74) is 7.35. The molecule has 1 unspecified atom stereocenters. The number of hydrogen-bond acceptors (Lipinski definition) is 4. The number of rotatable bonds is 2. The van der Waals surface area contributed by atoms with Gasteiger partial charge >= 0.3 is 0 Å². The average Bonchev–Trinajstić information content (AvgIpc) is 2.91. The molecule has 0 aliphatic carbocycles. The molecule has 0 fully saturated rings. The Kier molecular flexibility index (Phi) is 3.85. The Hall–Kier alpha value is -0.890. The van der Waals surface area contributed by atoms with Gasteiger partial charge in [-0.3, -0.25) is 0 Å². The first-order valence-electron chi connectivity index (χ1n) is 6.54. The topological polar surface area (TPSA) is 63.4 Å². The fourth-order valence-corrected chi connectivity index (χ4v) is 5.49. The van der Waals surface area contributed by atoms with E-state index in [1.165, 1.54) is 10.9 Å². The second-order valence-corrected chi connectivity index (χ2v) is 8.77. The smallest absolute Gasteiger partial charge is 0.243 e. The van der Waals surface area contributed by atoms with Crippen LogP contribution in [0, 0.1) is 0 Å². The predicted molar refractivity (Wildman–Crippen MR) is 88.9 cm³/mol. The minimum Gasteiger partial charge on any atom is -0.398 e. The molecule has 112 valence electrons. The summed E-state index contributed by atoms with van der Waals surface area (Å²) in [5, 5.41) is 2.02. The first kappa shape index (κ1) is 15.0. The maximum atomic E-state index is 12.9. The predicted octanol–water partition coefficient (Wildman–Crippen LogP) is 3.40. The van der Waals surface area contributed by atoms with Crippen molar-refractivity contribution in [3.63, 3.8) is 0 Å². The summed E-state index contributed by atoms with van der Waals surface area (Å²) >= 11 is 4.98. The molecule has 2 aromatic rings. The minimum atomic E-state index is -3.53. The highest BCUT2D eigenvalue weighted by Gasteiger charge is 2.34. The molecule has 0 amide bonds. The lowest BCUT2D eigenvalue weighted by Crippen LogP contribution is -2.38. The van der Waals surface area contributed by atoms with E-state index in [-0.39, 0.29) is 10.9 Å². The van der Waals surface area contributed by atoms with Crippen molar-refractivity contribution in [3.8, 4) is 0 Å². The van der Waals surface area contributed by atoms with Gasteiger partial charge in [0.25, 0.3) is 0 Å². The van der Waals surface area contributed by atoms with E-state index in [1.807, 2.05) is 18.4 Å². The Labute approximate surface area is 136 Å². The second kappa shape index (κ2) is 5.39. The fourth-order valence-electron chi connectivity index (χ4n) is 2.63. The number of benzene rings is 1. The molecule has 21 heavy (non-hydrogen) atoms. The van der Waals surface area contributed by atoms with E-state index in [2.05, 4.69) is 15.9 Å². The first-order chi connectivity index (χ1) is 9.91. The fraction of sp³-hybridized carbons (Fsp3) is 0.286. The van der Waals surface area contributed by atoms with Crippen molar-refractivity contribution in [3.05, 3.63) is 44.6 Å². The first-order valence-corrected chi connectivity index (χ1v) is 9.65. The lowest BCUT2D eigenvalue weighted by molar-refractivity contribution is 0.329. The SMILES string of the molecule is CC1c2ccsc2CCN1S(=O)(=O)c1ccc(Br)c(N)c1. The molecule has 0 spiro atoms. The normalized spacial score (nSPS) is 19.4. The van der Waals surface area contributed by atoms with E-state index in [1.54, 1.807) is 27.8 Å². The van der Waals surface area contributed by atoms with Crippen LogP contribution in [0.1, 0.15) is 23.4 Å². The van der Waals surface area contributed by atoms with Gasteiger partial charge in [-0.05, 0) is 64.5 Å². The van der Waals surface area contributed by atoms with Gasteiger partial charge in [0.05, 0.1) is 4.90 Å². The third kappa shape index (κ3) is 2.52. The molecule has 7 heteroatoms. The third-order valence-electron chi connectivity index (χ3n) is 3.80. The highest BCUT2D eigenvalue weighted by molar-refractivity contribution is 9.10. The van der Waals surface area contributed by atoms with Crippen LogP contribution >= 0.6 is 27.3 Å². The number of fused-ring (bicyclic) bond motifs is 1. The summed E-state index contributed by atoms with van der Waals surface area (Å²) in [6, 6.07) is 6.64. The summed E-state index contributed by atoms with van der Waals surface area (Å²) in [5.74, 6) is 0. The molecular weight excluding hydrogens is 372 g/mol. The van der Waals surface area contributed by atoms with Crippen molar-refractivity contribution in [2.75, 3.05) is 12.3 Å². The Bertz CT molecular complexity index is 786. The number of anilines is 1. The number of halogens is 1. The number of nitrogens with two attached hydrogens (primary N) is 1. The molecule has 1 aromatic carbocycles. The van der Waals surface area contributed by atoms with Crippen LogP contribution in [0.3, 0.4) is 0 Å². The van der Waals surface area contributed by atoms with Crippen LogP contribution in [0.5, 0.6) is 0 Å². The molecule has 4 nitrogen and oxygen atoms in total. The van der Waals surface area contributed by atoms with Gasteiger partial charge in [-0.2, -0.15) is 4.31 Å². The van der Waals surface area contributed by atoms with Crippen molar-refractivity contribution in [1.82, 2.24) is 4.31 Å². The van der Waals surface area contributed by atoms with Gasteiger partial charge in [0.15, 0.2) is 0 Å². The summed E-state index contributed by atoms with van der Waals surface area (Å²) in [7, 11) is -3.53. The molecule has 1 aliphatic rings. The molecule has 0 saturated carbocycles. The van der Waals surface area contributed by atoms with E-state index in [0.717, 1.165) is 12.0 Å². The molecule has 2 heterocycles. The average molecular weight is 387 g/mol. The molecule has 3 rings (SSSR count). The molecule has 0 bridgehead atoms. The summed E-state index contributed by atoms with van der Waals surface area (Å²) in [4.78, 5) is 1.53. The van der Waals surface area contributed by atoms with E-state index in [4.69, 9.17) is 5.73 Å². The Balaban J connectivity index is 2.01. The van der Waals surface area contributed by atoms with Crippen LogP contribution in [-0.4, -0.2) is 19.3 Å². The van der Waals surface area contributed by atoms with Crippen LogP contribution < -0.4 is 5.73 Å². The van der Waals surface area contributed by atoms with Gasteiger partial charge < -0.3 is 5.73 Å². The van der Waals surface area contributed by atoms with Crippen molar-refractivity contribution in [2.24, 2.45) is 0 Å². The Morgan fingerprint density at radius 1 is 1.38 bits per heavy atom. The molecule has 1 aliphatic heterocycles. The monoisotopic (exact) mass is 386 g/mol. The highest BCUT2D eigenvalue weighted by atomic mass is 79.9. The number of hydrogen-bond donors (Lipinski definition) is 1. The van der Waals surface area contributed by atoms with Crippen molar-refractivity contribution < 1.29 is 8.42 Å². The molecular formula is C14H15BrN2O2S2. The zero-order chi connectivity index (χ0) is 15.2. The van der Waals surface area contributed by atoms with Gasteiger partial charge in [0, 0.05) is 27.6 Å². The molecule has 0 saturated heterocycles. The van der Waals surface area contributed by atoms with Crippen LogP contribution in [-0.2, 0) is 16.4 Å². The minimum absolute atomic E-state index is 0.144. The van der Waals surface area contributed by atoms with Gasteiger partial charge in [0.1, 0.15) is 0 Å². The van der Waals surface area contributed by atoms with Crippen LogP contribution in [0.4, 0.5) is 5.69 Å².